The van der Waals surface area contributed by atoms with Crippen LogP contribution in [0, 0.1) is 0 Å². The summed E-state index contributed by atoms with van der Waals surface area (Å²) in [6.45, 7) is 0.0300. The molecule has 1 aromatic carbocycles. The van der Waals surface area contributed by atoms with Gasteiger partial charge in [-0.3, -0.25) is 4.79 Å². The Kier molecular flexibility index (Phi) is 4.93. The van der Waals surface area contributed by atoms with Crippen LogP contribution < -0.4 is 5.32 Å². The highest BCUT2D eigenvalue weighted by Gasteiger charge is 2.14. The Labute approximate surface area is 121 Å². The summed E-state index contributed by atoms with van der Waals surface area (Å²) in [4.78, 5) is 27.9. The third kappa shape index (κ3) is 3.18. The minimum atomic E-state index is -1.07. The van der Waals surface area contributed by atoms with Crippen LogP contribution >= 0.6 is 12.4 Å². The van der Waals surface area contributed by atoms with E-state index in [2.05, 4.69) is 10.3 Å². The van der Waals surface area contributed by atoms with Crippen molar-refractivity contribution < 1.29 is 19.1 Å². The zero-order chi connectivity index (χ0) is 14.0. The highest BCUT2D eigenvalue weighted by Crippen LogP contribution is 2.22. The lowest BCUT2D eigenvalue weighted by atomic mass is 10.2. The van der Waals surface area contributed by atoms with Crippen LogP contribution in [0.15, 0.2) is 22.6 Å². The van der Waals surface area contributed by atoms with Gasteiger partial charge in [-0.25, -0.2) is 4.79 Å². The number of carboxylic acid groups (broad SMARTS) is 1. The van der Waals surface area contributed by atoms with Crippen LogP contribution in [0.5, 0.6) is 0 Å². The summed E-state index contributed by atoms with van der Waals surface area (Å²) in [5.41, 5.74) is 0.683. The van der Waals surface area contributed by atoms with Gasteiger partial charge in [0.05, 0.1) is 12.1 Å². The molecule has 0 unspecified atom stereocenters. The summed E-state index contributed by atoms with van der Waals surface area (Å²) < 4.78 is 5.33. The predicted molar refractivity (Wildman–Crippen MR) is 75.4 cm³/mol. The monoisotopic (exact) mass is 299 g/mol. The molecule has 8 heteroatoms. The van der Waals surface area contributed by atoms with Crippen molar-refractivity contribution in [3.63, 3.8) is 0 Å². The summed E-state index contributed by atoms with van der Waals surface area (Å²) in [5, 5.41) is 11.7. The number of carbonyl (C=O) groups excluding carboxylic acids is 1. The van der Waals surface area contributed by atoms with Crippen molar-refractivity contribution in [3.05, 3.63) is 23.8 Å². The fourth-order valence-electron chi connectivity index (χ4n) is 1.51. The first-order valence-electron chi connectivity index (χ1n) is 5.56. The summed E-state index contributed by atoms with van der Waals surface area (Å²) in [6, 6.07) is 4.76. The molecule has 0 aliphatic carbocycles. The molecule has 1 aromatic heterocycles. The van der Waals surface area contributed by atoms with Gasteiger partial charge in [0.15, 0.2) is 5.58 Å². The largest absolute Gasteiger partial charge is 0.478 e. The molecule has 0 saturated carbocycles. The first-order valence-corrected chi connectivity index (χ1v) is 5.56. The average molecular weight is 300 g/mol. The maximum absolute atomic E-state index is 11.4. The Morgan fingerprint density at radius 3 is 2.70 bits per heavy atom. The number of halogens is 1. The van der Waals surface area contributed by atoms with Gasteiger partial charge in [0.2, 0.25) is 5.91 Å². The lowest BCUT2D eigenvalue weighted by Crippen LogP contribution is -2.28. The Morgan fingerprint density at radius 2 is 2.10 bits per heavy atom. The van der Waals surface area contributed by atoms with Crippen LogP contribution in [0.25, 0.3) is 11.1 Å². The molecule has 2 aromatic rings. The summed E-state index contributed by atoms with van der Waals surface area (Å²) in [6.07, 6.45) is 0. The number of aromatic carboxylic acids is 1. The second-order valence-electron chi connectivity index (χ2n) is 4.12. The van der Waals surface area contributed by atoms with Gasteiger partial charge in [0.25, 0.3) is 6.01 Å². The number of amides is 1. The van der Waals surface area contributed by atoms with Crippen LogP contribution in [-0.4, -0.2) is 47.5 Å². The number of nitrogens with one attached hydrogen (secondary N) is 1. The minimum absolute atomic E-state index is 0. The van der Waals surface area contributed by atoms with Crippen molar-refractivity contribution >= 4 is 41.4 Å². The summed E-state index contributed by atoms with van der Waals surface area (Å²) >= 11 is 0. The topological polar surface area (TPSA) is 95.7 Å². The molecular formula is C12H14ClN3O4. The SMILES string of the molecule is CN(C)C(=O)CNc1nc2c(C(=O)O)cccc2o1.Cl. The lowest BCUT2D eigenvalue weighted by molar-refractivity contribution is -0.126. The standard InChI is InChI=1S/C12H13N3O4.ClH/c1-15(2)9(16)6-13-12-14-10-7(11(17)18)4-3-5-8(10)19-12;/h3-5H,6H2,1-2H3,(H,13,14)(H,17,18);1H. The van der Waals surface area contributed by atoms with E-state index in [1.807, 2.05) is 0 Å². The minimum Gasteiger partial charge on any atom is -0.478 e. The van der Waals surface area contributed by atoms with Gasteiger partial charge >= 0.3 is 5.97 Å². The van der Waals surface area contributed by atoms with E-state index in [-0.39, 0.29) is 42.0 Å². The third-order valence-corrected chi connectivity index (χ3v) is 2.54. The van der Waals surface area contributed by atoms with E-state index in [4.69, 9.17) is 9.52 Å². The van der Waals surface area contributed by atoms with Gasteiger partial charge in [-0.15, -0.1) is 12.4 Å². The number of benzene rings is 1. The second-order valence-corrected chi connectivity index (χ2v) is 4.12. The Bertz CT molecular complexity index is 639. The Morgan fingerprint density at radius 1 is 1.40 bits per heavy atom. The van der Waals surface area contributed by atoms with E-state index in [0.29, 0.717) is 5.58 Å². The number of para-hydroxylation sites is 1. The van der Waals surface area contributed by atoms with E-state index in [1.165, 1.54) is 11.0 Å². The van der Waals surface area contributed by atoms with Crippen LogP contribution in [-0.2, 0) is 4.79 Å². The van der Waals surface area contributed by atoms with Gasteiger partial charge in [-0.2, -0.15) is 4.98 Å². The zero-order valence-electron chi connectivity index (χ0n) is 10.9. The molecule has 2 N–H and O–H groups in total. The molecule has 0 atom stereocenters. The first-order chi connectivity index (χ1) is 8.99. The van der Waals surface area contributed by atoms with Gasteiger partial charge in [-0.1, -0.05) is 6.07 Å². The Hall–Kier alpha value is -2.28. The van der Waals surface area contributed by atoms with Crippen molar-refractivity contribution in [2.75, 3.05) is 26.0 Å². The fraction of sp³-hybridized carbons (Fsp3) is 0.250. The van der Waals surface area contributed by atoms with Crippen LogP contribution in [0.4, 0.5) is 6.01 Å². The van der Waals surface area contributed by atoms with Gasteiger partial charge in [0.1, 0.15) is 5.52 Å². The molecule has 0 spiro atoms. The van der Waals surface area contributed by atoms with Crippen molar-refractivity contribution in [1.82, 2.24) is 9.88 Å². The summed E-state index contributed by atoms with van der Waals surface area (Å²) in [5.74, 6) is -1.21. The number of oxazole rings is 1. The Balaban J connectivity index is 0.00000200. The van der Waals surface area contributed by atoms with Crippen LogP contribution in [0.3, 0.4) is 0 Å². The molecule has 0 radical (unpaired) electrons. The number of anilines is 1. The molecule has 0 fully saturated rings. The first kappa shape index (κ1) is 15.8. The fourth-order valence-corrected chi connectivity index (χ4v) is 1.51. The number of likely N-dealkylation sites (N-methyl/N-ethyl adjacent to an activating group) is 1. The van der Waals surface area contributed by atoms with Gasteiger partial charge in [-0.05, 0) is 12.1 Å². The number of rotatable bonds is 4. The number of nitrogens with zero attached hydrogens (tertiary/aromatic N) is 2. The van der Waals surface area contributed by atoms with Gasteiger partial charge in [0, 0.05) is 14.1 Å². The molecule has 0 bridgehead atoms. The smallest absolute Gasteiger partial charge is 0.338 e. The molecule has 1 amide bonds. The maximum Gasteiger partial charge on any atom is 0.338 e. The molecule has 0 saturated heterocycles. The zero-order valence-corrected chi connectivity index (χ0v) is 11.7. The normalized spacial score (nSPS) is 9.90. The van der Waals surface area contributed by atoms with E-state index < -0.39 is 5.97 Å². The van der Waals surface area contributed by atoms with E-state index in [0.717, 1.165) is 0 Å². The summed E-state index contributed by atoms with van der Waals surface area (Å²) in [7, 11) is 3.28. The number of fused-ring (bicyclic) bond motifs is 1. The van der Waals surface area contributed by atoms with Crippen molar-refractivity contribution in [1.29, 1.82) is 0 Å². The quantitative estimate of drug-likeness (QED) is 0.887. The molecule has 20 heavy (non-hydrogen) atoms. The van der Waals surface area contributed by atoms with E-state index >= 15 is 0 Å². The van der Waals surface area contributed by atoms with Crippen LogP contribution in [0.2, 0.25) is 0 Å². The highest BCUT2D eigenvalue weighted by molar-refractivity contribution is 6.00. The molecule has 0 aliphatic heterocycles. The molecule has 0 aliphatic rings. The number of hydrogen-bond acceptors (Lipinski definition) is 5. The average Bonchev–Trinajstić information content (AvgIpc) is 2.77. The molecule has 2 rings (SSSR count). The molecule has 108 valence electrons. The third-order valence-electron chi connectivity index (χ3n) is 2.54. The highest BCUT2D eigenvalue weighted by atomic mass is 35.5. The molecule has 1 heterocycles. The number of carbonyl (C=O) groups is 2. The van der Waals surface area contributed by atoms with E-state index in [9.17, 15) is 9.59 Å². The second kappa shape index (κ2) is 6.25. The lowest BCUT2D eigenvalue weighted by Gasteiger charge is -2.09. The number of carboxylic acids is 1. The van der Waals surface area contributed by atoms with E-state index in [1.54, 1.807) is 26.2 Å². The number of aromatic nitrogens is 1. The molecular weight excluding hydrogens is 286 g/mol. The molecule has 7 nitrogen and oxygen atoms in total. The maximum atomic E-state index is 11.4. The predicted octanol–water partition coefficient (Wildman–Crippen LogP) is 1.45. The van der Waals surface area contributed by atoms with Crippen molar-refractivity contribution in [3.8, 4) is 0 Å². The van der Waals surface area contributed by atoms with Gasteiger partial charge < -0.3 is 19.7 Å². The van der Waals surface area contributed by atoms with Crippen molar-refractivity contribution in [2.45, 2.75) is 0 Å². The van der Waals surface area contributed by atoms with Crippen molar-refractivity contribution in [2.24, 2.45) is 0 Å². The number of hydrogen-bond donors (Lipinski definition) is 2. The van der Waals surface area contributed by atoms with Crippen LogP contribution in [0.1, 0.15) is 10.4 Å².